The van der Waals surface area contributed by atoms with Crippen LogP contribution in [0.3, 0.4) is 0 Å². The summed E-state index contributed by atoms with van der Waals surface area (Å²) < 4.78 is 11.2. The molecule has 2 N–H and O–H groups in total. The third kappa shape index (κ3) is 5.18. The predicted molar refractivity (Wildman–Crippen MR) is 125 cm³/mol. The Balaban J connectivity index is 1.33. The molecule has 4 rings (SSSR count). The van der Waals surface area contributed by atoms with Crippen LogP contribution in [0, 0.1) is 6.92 Å². The van der Waals surface area contributed by atoms with Gasteiger partial charge in [-0.1, -0.05) is 36.4 Å². The minimum Gasteiger partial charge on any atom is -0.459 e. The van der Waals surface area contributed by atoms with E-state index in [9.17, 15) is 4.79 Å². The molecule has 3 aromatic rings. The Morgan fingerprint density at radius 3 is 2.66 bits per heavy atom. The number of guanidine groups is 1. The lowest BCUT2D eigenvalue weighted by Gasteiger charge is -2.35. The van der Waals surface area contributed by atoms with Gasteiger partial charge in [0.15, 0.2) is 11.7 Å². The molecule has 0 radical (unpaired) electrons. The average molecular weight is 433 g/mol. The molecule has 1 aliphatic rings. The molecule has 2 aromatic carbocycles. The maximum atomic E-state index is 12.1. The Bertz CT molecular complexity index is 1060. The van der Waals surface area contributed by atoms with Crippen molar-refractivity contribution >= 4 is 17.6 Å². The van der Waals surface area contributed by atoms with Crippen molar-refractivity contribution in [3.8, 4) is 0 Å². The summed E-state index contributed by atoms with van der Waals surface area (Å²) in [4.78, 5) is 18.8. The normalized spacial score (nSPS) is 16.6. The molecule has 1 aliphatic heterocycles. The van der Waals surface area contributed by atoms with E-state index in [0.29, 0.717) is 18.8 Å². The second-order valence-corrected chi connectivity index (χ2v) is 7.69. The van der Waals surface area contributed by atoms with Crippen molar-refractivity contribution in [3.05, 3.63) is 89.4 Å². The van der Waals surface area contributed by atoms with Crippen LogP contribution >= 0.6 is 0 Å². The first-order chi connectivity index (χ1) is 15.6. The van der Waals surface area contributed by atoms with Crippen molar-refractivity contribution < 1.29 is 13.9 Å². The Morgan fingerprint density at radius 1 is 1.12 bits per heavy atom. The number of benzene rings is 2. The number of rotatable bonds is 5. The number of amides is 1. The summed E-state index contributed by atoms with van der Waals surface area (Å²) in [6.45, 7) is 4.95. The zero-order valence-electron chi connectivity index (χ0n) is 18.4. The maximum Gasteiger partial charge on any atom is 0.291 e. The van der Waals surface area contributed by atoms with Crippen molar-refractivity contribution in [3.63, 3.8) is 0 Å². The van der Waals surface area contributed by atoms with Gasteiger partial charge >= 0.3 is 0 Å². The lowest BCUT2D eigenvalue weighted by molar-refractivity contribution is -0.00834. The largest absolute Gasteiger partial charge is 0.459 e. The maximum absolute atomic E-state index is 12.1. The third-order valence-corrected chi connectivity index (χ3v) is 5.52. The predicted octanol–water partition coefficient (Wildman–Crippen LogP) is 3.99. The van der Waals surface area contributed by atoms with E-state index in [1.165, 1.54) is 17.4 Å². The summed E-state index contributed by atoms with van der Waals surface area (Å²) in [5.41, 5.74) is 4.26. The molecule has 1 saturated heterocycles. The molecule has 166 valence electrons. The van der Waals surface area contributed by atoms with Crippen molar-refractivity contribution in [2.45, 2.75) is 19.6 Å². The van der Waals surface area contributed by atoms with Gasteiger partial charge in [-0.3, -0.25) is 9.79 Å². The number of ether oxygens (including phenoxy) is 1. The number of nitrogens with zero attached hydrogens (tertiary/aromatic N) is 2. The van der Waals surface area contributed by atoms with Crippen LogP contribution in [-0.2, 0) is 11.3 Å². The molecule has 32 heavy (non-hydrogen) atoms. The van der Waals surface area contributed by atoms with Gasteiger partial charge in [-0.2, -0.15) is 0 Å². The fourth-order valence-corrected chi connectivity index (χ4v) is 3.80. The highest BCUT2D eigenvalue weighted by molar-refractivity contribution is 6.02. The second kappa shape index (κ2) is 10.2. The van der Waals surface area contributed by atoms with Gasteiger partial charge in [0.05, 0.1) is 19.4 Å². The molecular weight excluding hydrogens is 404 g/mol. The minimum absolute atomic E-state index is 0.0283. The molecular formula is C25H28N4O3. The lowest BCUT2D eigenvalue weighted by atomic mass is 10.0. The molecule has 0 bridgehead atoms. The van der Waals surface area contributed by atoms with Crippen LogP contribution in [0.4, 0.5) is 5.69 Å². The Hall–Kier alpha value is -3.58. The number of morpholine rings is 1. The van der Waals surface area contributed by atoms with Crippen molar-refractivity contribution in [2.24, 2.45) is 4.99 Å². The van der Waals surface area contributed by atoms with Crippen LogP contribution in [0.5, 0.6) is 0 Å². The molecule has 1 amide bonds. The van der Waals surface area contributed by atoms with Crippen LogP contribution in [0.2, 0.25) is 0 Å². The zero-order valence-corrected chi connectivity index (χ0v) is 18.4. The molecule has 1 fully saturated rings. The SMILES string of the molecule is CN=C(NCc1ccc(NC(=O)c2ccco2)cc1)N1CCOC(c2ccccc2C)C1. The highest BCUT2D eigenvalue weighted by Gasteiger charge is 2.25. The number of carbonyl (C=O) groups is 1. The average Bonchev–Trinajstić information content (AvgIpc) is 3.36. The quantitative estimate of drug-likeness (QED) is 0.471. The summed E-state index contributed by atoms with van der Waals surface area (Å²) in [7, 11) is 1.80. The van der Waals surface area contributed by atoms with Crippen molar-refractivity contribution in [1.82, 2.24) is 10.2 Å². The molecule has 0 aliphatic carbocycles. The first-order valence-corrected chi connectivity index (χ1v) is 10.7. The Labute approximate surface area is 188 Å². The summed E-state index contributed by atoms with van der Waals surface area (Å²) >= 11 is 0. The van der Waals surface area contributed by atoms with Gasteiger partial charge in [0.1, 0.15) is 6.10 Å². The number of carbonyl (C=O) groups excluding carboxylic acids is 1. The van der Waals surface area contributed by atoms with Crippen LogP contribution < -0.4 is 10.6 Å². The van der Waals surface area contributed by atoms with E-state index in [1.807, 2.05) is 30.3 Å². The monoisotopic (exact) mass is 432 g/mol. The van der Waals surface area contributed by atoms with E-state index in [0.717, 1.165) is 24.6 Å². The van der Waals surface area contributed by atoms with E-state index in [2.05, 4.69) is 45.6 Å². The van der Waals surface area contributed by atoms with Gasteiger partial charge < -0.3 is 24.7 Å². The number of hydrogen-bond acceptors (Lipinski definition) is 4. The van der Waals surface area contributed by atoms with Crippen LogP contribution in [0.25, 0.3) is 0 Å². The summed E-state index contributed by atoms with van der Waals surface area (Å²) in [5.74, 6) is 0.868. The summed E-state index contributed by atoms with van der Waals surface area (Å²) in [6.07, 6.45) is 1.51. The number of aliphatic imine (C=N–C) groups is 1. The molecule has 1 aromatic heterocycles. The van der Waals surface area contributed by atoms with Crippen LogP contribution in [0.15, 0.2) is 76.3 Å². The molecule has 1 unspecified atom stereocenters. The Morgan fingerprint density at radius 2 is 1.94 bits per heavy atom. The number of aryl methyl sites for hydroxylation is 1. The van der Waals surface area contributed by atoms with E-state index >= 15 is 0 Å². The van der Waals surface area contributed by atoms with Gasteiger partial charge in [0.2, 0.25) is 0 Å². The smallest absolute Gasteiger partial charge is 0.291 e. The number of nitrogens with one attached hydrogen (secondary N) is 2. The van der Waals surface area contributed by atoms with E-state index in [-0.39, 0.29) is 17.8 Å². The first-order valence-electron chi connectivity index (χ1n) is 10.7. The molecule has 7 heteroatoms. The van der Waals surface area contributed by atoms with Gasteiger partial charge in [-0.25, -0.2) is 0 Å². The van der Waals surface area contributed by atoms with Crippen LogP contribution in [-0.4, -0.2) is 43.5 Å². The van der Waals surface area contributed by atoms with E-state index < -0.39 is 0 Å². The lowest BCUT2D eigenvalue weighted by Crippen LogP contribution is -2.48. The molecule has 0 spiro atoms. The standard InChI is InChI=1S/C25H28N4O3/c1-18-6-3-4-7-21(18)23-17-29(13-15-32-23)25(26-2)27-16-19-9-11-20(12-10-19)28-24(30)22-8-5-14-31-22/h3-12,14,23H,13,15-17H2,1-2H3,(H,26,27)(H,28,30). The highest BCUT2D eigenvalue weighted by atomic mass is 16.5. The van der Waals surface area contributed by atoms with E-state index in [1.54, 1.807) is 19.2 Å². The fraction of sp³-hybridized carbons (Fsp3) is 0.280. The molecule has 7 nitrogen and oxygen atoms in total. The Kier molecular flexibility index (Phi) is 6.87. The third-order valence-electron chi connectivity index (χ3n) is 5.52. The van der Waals surface area contributed by atoms with Gasteiger partial charge in [0, 0.05) is 25.8 Å². The number of furan rings is 1. The number of hydrogen-bond donors (Lipinski definition) is 2. The van der Waals surface area contributed by atoms with Gasteiger partial charge in [-0.15, -0.1) is 0 Å². The minimum atomic E-state index is -0.267. The molecule has 0 saturated carbocycles. The zero-order chi connectivity index (χ0) is 22.3. The van der Waals surface area contributed by atoms with Crippen LogP contribution in [0.1, 0.15) is 33.3 Å². The van der Waals surface area contributed by atoms with Crippen molar-refractivity contribution in [2.75, 3.05) is 32.1 Å². The fourth-order valence-electron chi connectivity index (χ4n) is 3.80. The first kappa shape index (κ1) is 21.6. The molecule has 1 atom stereocenters. The highest BCUT2D eigenvalue weighted by Crippen LogP contribution is 2.25. The second-order valence-electron chi connectivity index (χ2n) is 7.69. The van der Waals surface area contributed by atoms with Crippen molar-refractivity contribution in [1.29, 1.82) is 0 Å². The number of anilines is 1. The van der Waals surface area contributed by atoms with E-state index in [4.69, 9.17) is 9.15 Å². The topological polar surface area (TPSA) is 79.1 Å². The summed E-state index contributed by atoms with van der Waals surface area (Å²) in [6, 6.07) is 19.4. The van der Waals surface area contributed by atoms with Gasteiger partial charge in [0.25, 0.3) is 5.91 Å². The summed E-state index contributed by atoms with van der Waals surface area (Å²) in [5, 5.41) is 6.27. The molecule has 2 heterocycles. The van der Waals surface area contributed by atoms with Gasteiger partial charge in [-0.05, 0) is 47.9 Å².